The van der Waals surface area contributed by atoms with Crippen molar-refractivity contribution in [2.45, 2.75) is 33.6 Å². The van der Waals surface area contributed by atoms with Gasteiger partial charge in [0.05, 0.1) is 12.2 Å². The fraction of sp³-hybridized carbons (Fsp3) is 0.500. The summed E-state index contributed by atoms with van der Waals surface area (Å²) in [6, 6.07) is 0. The van der Waals surface area contributed by atoms with Crippen molar-refractivity contribution in [2.24, 2.45) is 0 Å². The number of carboxylic acid groups (broad SMARTS) is 1. The normalized spacial score (nSPS) is 12.4. The summed E-state index contributed by atoms with van der Waals surface area (Å²) >= 11 is 0. The van der Waals surface area contributed by atoms with Crippen LogP contribution in [0.2, 0.25) is 0 Å². The summed E-state index contributed by atoms with van der Waals surface area (Å²) in [5.74, 6) is -1.52. The van der Waals surface area contributed by atoms with Crippen LogP contribution < -0.4 is 0 Å². The lowest BCUT2D eigenvalue weighted by Crippen LogP contribution is -2.09. The third-order valence-electron chi connectivity index (χ3n) is 1.99. The first-order chi connectivity index (χ1) is 7.52. The number of allylic oxidation sites excluding steroid dienone is 1. The third-order valence-corrected chi connectivity index (χ3v) is 1.99. The molecule has 4 nitrogen and oxygen atoms in total. The lowest BCUT2D eigenvalue weighted by molar-refractivity contribution is -0.138. The first-order valence-electron chi connectivity index (χ1n) is 5.28. The Bertz CT molecular complexity index is 313. The van der Waals surface area contributed by atoms with E-state index in [1.807, 2.05) is 6.92 Å². The molecule has 0 aromatic heterocycles. The predicted molar refractivity (Wildman–Crippen MR) is 61.0 cm³/mol. The van der Waals surface area contributed by atoms with Crippen LogP contribution in [0.3, 0.4) is 0 Å². The minimum atomic E-state index is -1.04. The van der Waals surface area contributed by atoms with Gasteiger partial charge in [0, 0.05) is 5.57 Å². The minimum Gasteiger partial charge on any atom is -0.478 e. The number of carbonyl (C=O) groups excluding carboxylic acids is 1. The van der Waals surface area contributed by atoms with E-state index in [9.17, 15) is 9.59 Å². The summed E-state index contributed by atoms with van der Waals surface area (Å²) < 4.78 is 4.97. The molecule has 1 N–H and O–H groups in total. The van der Waals surface area contributed by atoms with E-state index in [1.165, 1.54) is 13.0 Å². The first kappa shape index (κ1) is 14.4. The molecule has 0 aliphatic heterocycles. The summed E-state index contributed by atoms with van der Waals surface area (Å²) in [6.07, 6.45) is 4.62. The zero-order valence-electron chi connectivity index (χ0n) is 9.95. The van der Waals surface area contributed by atoms with Crippen molar-refractivity contribution in [2.75, 3.05) is 6.61 Å². The highest BCUT2D eigenvalue weighted by Gasteiger charge is 2.09. The molecule has 0 saturated carbocycles. The molecule has 0 aliphatic carbocycles. The van der Waals surface area contributed by atoms with Crippen LogP contribution in [0.15, 0.2) is 23.3 Å². The lowest BCUT2D eigenvalue weighted by Gasteiger charge is -2.04. The van der Waals surface area contributed by atoms with Crippen molar-refractivity contribution in [3.8, 4) is 0 Å². The van der Waals surface area contributed by atoms with Crippen LogP contribution in [0.1, 0.15) is 33.6 Å². The molecule has 4 heteroatoms. The molecule has 0 rings (SSSR count). The fourth-order valence-electron chi connectivity index (χ4n) is 0.948. The molecule has 0 saturated heterocycles. The summed E-state index contributed by atoms with van der Waals surface area (Å²) in [6.45, 7) is 5.47. The van der Waals surface area contributed by atoms with Gasteiger partial charge in [0.25, 0.3) is 0 Å². The molecule has 0 fully saturated rings. The SMILES string of the molecule is CC=C(C=C(C)C(=O)O)C(=O)OCCCC. The Morgan fingerprint density at radius 3 is 2.44 bits per heavy atom. The molecule has 0 bridgehead atoms. The van der Waals surface area contributed by atoms with E-state index >= 15 is 0 Å². The Morgan fingerprint density at radius 1 is 1.38 bits per heavy atom. The van der Waals surface area contributed by atoms with E-state index in [0.29, 0.717) is 6.61 Å². The van der Waals surface area contributed by atoms with Gasteiger partial charge in [-0.3, -0.25) is 0 Å². The first-order valence-corrected chi connectivity index (χ1v) is 5.28. The van der Waals surface area contributed by atoms with Crippen LogP contribution in [0, 0.1) is 0 Å². The second-order valence-electron chi connectivity index (χ2n) is 3.37. The summed E-state index contributed by atoms with van der Waals surface area (Å²) in [5, 5.41) is 8.67. The second-order valence-corrected chi connectivity index (χ2v) is 3.37. The summed E-state index contributed by atoms with van der Waals surface area (Å²) in [5.41, 5.74) is 0.386. The van der Waals surface area contributed by atoms with Crippen LogP contribution in [0.25, 0.3) is 0 Å². The zero-order chi connectivity index (χ0) is 12.6. The largest absolute Gasteiger partial charge is 0.478 e. The van der Waals surface area contributed by atoms with Gasteiger partial charge in [0.1, 0.15) is 0 Å². The molecule has 0 spiro atoms. The number of hydrogen-bond donors (Lipinski definition) is 1. The van der Waals surface area contributed by atoms with Gasteiger partial charge in [-0.2, -0.15) is 0 Å². The highest BCUT2D eigenvalue weighted by Crippen LogP contribution is 2.06. The quantitative estimate of drug-likeness (QED) is 0.327. The maximum Gasteiger partial charge on any atom is 0.337 e. The smallest absolute Gasteiger partial charge is 0.337 e. The van der Waals surface area contributed by atoms with Crippen LogP contribution in [0.5, 0.6) is 0 Å². The van der Waals surface area contributed by atoms with Gasteiger partial charge >= 0.3 is 11.9 Å². The molecule has 0 heterocycles. The molecular weight excluding hydrogens is 208 g/mol. The second kappa shape index (κ2) is 7.68. The Labute approximate surface area is 95.6 Å². The molecule has 90 valence electrons. The highest BCUT2D eigenvalue weighted by molar-refractivity contribution is 5.95. The summed E-state index contributed by atoms with van der Waals surface area (Å²) in [7, 11) is 0. The average molecular weight is 226 g/mol. The number of aliphatic carboxylic acids is 1. The molecule has 0 aromatic carbocycles. The number of carbonyl (C=O) groups is 2. The number of esters is 1. The molecule has 0 aliphatic rings. The fourth-order valence-corrected chi connectivity index (χ4v) is 0.948. The Balaban J connectivity index is 4.46. The van der Waals surface area contributed by atoms with Crippen molar-refractivity contribution >= 4 is 11.9 Å². The predicted octanol–water partition coefficient (Wildman–Crippen LogP) is 2.31. The van der Waals surface area contributed by atoms with Crippen LogP contribution in [0.4, 0.5) is 0 Å². The van der Waals surface area contributed by atoms with Gasteiger partial charge < -0.3 is 9.84 Å². The maximum absolute atomic E-state index is 11.5. The maximum atomic E-state index is 11.5. The topological polar surface area (TPSA) is 63.6 Å². The Kier molecular flexibility index (Phi) is 6.92. The van der Waals surface area contributed by atoms with E-state index in [2.05, 4.69) is 0 Å². The van der Waals surface area contributed by atoms with Crippen molar-refractivity contribution < 1.29 is 19.4 Å². The van der Waals surface area contributed by atoms with Gasteiger partial charge in [-0.25, -0.2) is 9.59 Å². The number of hydrogen-bond acceptors (Lipinski definition) is 3. The van der Waals surface area contributed by atoms with E-state index in [4.69, 9.17) is 9.84 Å². The van der Waals surface area contributed by atoms with Gasteiger partial charge in [-0.15, -0.1) is 0 Å². The van der Waals surface area contributed by atoms with Crippen LogP contribution in [-0.2, 0) is 14.3 Å². The molecule has 0 radical (unpaired) electrons. The summed E-state index contributed by atoms with van der Waals surface area (Å²) in [4.78, 5) is 22.1. The molecule has 0 aromatic rings. The van der Waals surface area contributed by atoms with Gasteiger partial charge in [0.15, 0.2) is 0 Å². The van der Waals surface area contributed by atoms with E-state index in [1.54, 1.807) is 13.0 Å². The molecule has 16 heavy (non-hydrogen) atoms. The van der Waals surface area contributed by atoms with Crippen LogP contribution >= 0.6 is 0 Å². The standard InChI is InChI=1S/C12H18O4/c1-4-6-7-16-12(15)10(5-2)8-9(3)11(13)14/h5,8H,4,6-7H2,1-3H3,(H,13,14). The van der Waals surface area contributed by atoms with Crippen molar-refractivity contribution in [1.82, 2.24) is 0 Å². The molecule has 0 unspecified atom stereocenters. The van der Waals surface area contributed by atoms with Gasteiger partial charge in [0.2, 0.25) is 0 Å². The molecular formula is C12H18O4. The zero-order valence-corrected chi connectivity index (χ0v) is 9.95. The van der Waals surface area contributed by atoms with Crippen LogP contribution in [-0.4, -0.2) is 23.7 Å². The number of carboxylic acids is 1. The number of unbranched alkanes of at least 4 members (excludes halogenated alkanes) is 1. The van der Waals surface area contributed by atoms with E-state index in [-0.39, 0.29) is 11.1 Å². The number of ether oxygens (including phenoxy) is 1. The van der Waals surface area contributed by atoms with Crippen molar-refractivity contribution in [3.63, 3.8) is 0 Å². The Hall–Kier alpha value is -1.58. The van der Waals surface area contributed by atoms with Crippen molar-refractivity contribution in [3.05, 3.63) is 23.3 Å². The van der Waals surface area contributed by atoms with E-state index in [0.717, 1.165) is 12.8 Å². The average Bonchev–Trinajstić information content (AvgIpc) is 2.25. The van der Waals surface area contributed by atoms with Crippen molar-refractivity contribution in [1.29, 1.82) is 0 Å². The monoisotopic (exact) mass is 226 g/mol. The highest BCUT2D eigenvalue weighted by atomic mass is 16.5. The molecule has 0 atom stereocenters. The lowest BCUT2D eigenvalue weighted by atomic mass is 10.1. The van der Waals surface area contributed by atoms with Gasteiger partial charge in [-0.1, -0.05) is 19.4 Å². The third kappa shape index (κ3) is 5.34. The Morgan fingerprint density at radius 2 is 2.00 bits per heavy atom. The van der Waals surface area contributed by atoms with Gasteiger partial charge in [-0.05, 0) is 26.3 Å². The molecule has 0 amide bonds. The van der Waals surface area contributed by atoms with E-state index < -0.39 is 11.9 Å². The number of rotatable bonds is 6. The minimum absolute atomic E-state index is 0.112.